The van der Waals surface area contributed by atoms with Gasteiger partial charge in [-0.25, -0.2) is 0 Å². The van der Waals surface area contributed by atoms with Crippen LogP contribution >= 0.6 is 0 Å². The molecule has 5 heteroatoms. The van der Waals surface area contributed by atoms with Gasteiger partial charge in [0.1, 0.15) is 11.5 Å². The molecule has 2 aromatic rings. The van der Waals surface area contributed by atoms with Gasteiger partial charge in [0.15, 0.2) is 0 Å². The minimum atomic E-state index is 0.775. The first kappa shape index (κ1) is 31.8. The summed E-state index contributed by atoms with van der Waals surface area (Å²) in [6, 6.07) is 15.7. The van der Waals surface area contributed by atoms with Gasteiger partial charge in [-0.05, 0) is 74.2 Å². The maximum atomic E-state index is 5.91. The van der Waals surface area contributed by atoms with Gasteiger partial charge in [0.2, 0.25) is 0 Å². The molecule has 0 aliphatic rings. The molecule has 0 aliphatic carbocycles. The van der Waals surface area contributed by atoms with Crippen LogP contribution in [0.5, 0.6) is 11.5 Å². The van der Waals surface area contributed by atoms with Gasteiger partial charge in [0, 0.05) is 0 Å². The average molecular weight is 525 g/mol. The number of rotatable bonds is 22. The van der Waals surface area contributed by atoms with Crippen LogP contribution in [-0.4, -0.2) is 45.4 Å². The molecule has 0 spiro atoms. The Labute approximate surface area is 233 Å². The lowest BCUT2D eigenvalue weighted by atomic mass is 10.1. The number of hydrogen-bond acceptors (Lipinski definition) is 4. The summed E-state index contributed by atoms with van der Waals surface area (Å²) in [4.78, 5) is 0. The molecule has 2 aromatic carbocycles. The third-order valence-electron chi connectivity index (χ3n) is 6.71. The fourth-order valence-corrected chi connectivity index (χ4v) is 4.34. The first-order valence-corrected chi connectivity index (χ1v) is 15.1. The van der Waals surface area contributed by atoms with Crippen LogP contribution in [0.15, 0.2) is 58.8 Å². The number of quaternary nitrogens is 1. The Morgan fingerprint density at radius 2 is 0.868 bits per heavy atom. The van der Waals surface area contributed by atoms with E-state index < -0.39 is 0 Å². The van der Waals surface area contributed by atoms with Crippen molar-refractivity contribution in [1.82, 2.24) is 0 Å². The first-order valence-electron chi connectivity index (χ1n) is 15.1. The van der Waals surface area contributed by atoms with Gasteiger partial charge < -0.3 is 14.0 Å². The Hall–Kier alpha value is -2.40. The van der Waals surface area contributed by atoms with Crippen LogP contribution in [0.25, 0.3) is 0 Å². The van der Waals surface area contributed by atoms with Crippen molar-refractivity contribution < 1.29 is 14.0 Å². The lowest BCUT2D eigenvalue weighted by Gasteiger charge is -2.23. The van der Waals surface area contributed by atoms with Crippen molar-refractivity contribution in [2.45, 2.75) is 96.8 Å². The van der Waals surface area contributed by atoms with E-state index in [1.165, 1.54) is 83.6 Å². The Balaban J connectivity index is 1.53. The third kappa shape index (κ3) is 16.4. The van der Waals surface area contributed by atoms with Crippen molar-refractivity contribution in [2.24, 2.45) is 10.2 Å². The van der Waals surface area contributed by atoms with E-state index in [1.807, 2.05) is 48.5 Å². The average Bonchev–Trinajstić information content (AvgIpc) is 2.91. The van der Waals surface area contributed by atoms with Crippen LogP contribution < -0.4 is 9.47 Å². The normalized spacial score (nSPS) is 11.8. The molecule has 0 N–H and O–H groups in total. The van der Waals surface area contributed by atoms with Gasteiger partial charge in [-0.15, -0.1) is 0 Å². The lowest BCUT2D eigenvalue weighted by Crippen LogP contribution is -2.35. The van der Waals surface area contributed by atoms with Gasteiger partial charge in [-0.1, -0.05) is 71.1 Å². The Bertz CT molecular complexity index is 857. The molecular formula is C33H54N3O2+. The molecule has 0 aromatic heterocycles. The van der Waals surface area contributed by atoms with Crippen molar-refractivity contribution in [3.05, 3.63) is 48.5 Å². The lowest BCUT2D eigenvalue weighted by molar-refractivity contribution is -0.870. The maximum absolute atomic E-state index is 5.91. The van der Waals surface area contributed by atoms with E-state index in [0.717, 1.165) is 53.4 Å². The molecule has 0 saturated carbocycles. The third-order valence-corrected chi connectivity index (χ3v) is 6.71. The van der Waals surface area contributed by atoms with E-state index >= 15 is 0 Å². The second kappa shape index (κ2) is 19.6. The van der Waals surface area contributed by atoms with Crippen molar-refractivity contribution in [3.8, 4) is 11.5 Å². The van der Waals surface area contributed by atoms with Crippen molar-refractivity contribution in [3.63, 3.8) is 0 Å². The number of nitrogens with zero attached hydrogens (tertiary/aromatic N) is 3. The van der Waals surface area contributed by atoms with Crippen molar-refractivity contribution in [2.75, 3.05) is 40.9 Å². The molecule has 212 valence electrons. The molecule has 0 amide bonds. The molecule has 0 atom stereocenters. The summed E-state index contributed by atoms with van der Waals surface area (Å²) in [5, 5.41) is 8.71. The van der Waals surface area contributed by atoms with E-state index in [2.05, 4.69) is 38.3 Å². The molecule has 0 heterocycles. The summed E-state index contributed by atoms with van der Waals surface area (Å²) in [6.45, 7) is 5.08. The number of azo groups is 1. The molecule has 0 aliphatic heterocycles. The summed E-state index contributed by atoms with van der Waals surface area (Å²) in [7, 11) is 6.82. The van der Waals surface area contributed by atoms with Crippen LogP contribution in [-0.2, 0) is 0 Å². The summed E-state index contributed by atoms with van der Waals surface area (Å²) in [5.74, 6) is 1.79. The summed E-state index contributed by atoms with van der Waals surface area (Å²) in [6.07, 6.45) is 18.1. The standard InChI is InChI=1S/C33H54N3O2/c1-5-6-7-8-14-17-28-37-32-23-19-30(20-24-32)34-35-31-21-25-33(26-22-31)38-29-18-15-12-10-9-11-13-16-27-36(2,3)4/h19-26H,5-18,27-29H2,1-4H3/q+1. The molecule has 0 saturated heterocycles. The van der Waals surface area contributed by atoms with Crippen LogP contribution in [0.3, 0.4) is 0 Å². The molecule has 0 unspecified atom stereocenters. The number of benzene rings is 2. The summed E-state index contributed by atoms with van der Waals surface area (Å²) < 4.78 is 12.8. The smallest absolute Gasteiger partial charge is 0.119 e. The zero-order valence-corrected chi connectivity index (χ0v) is 24.8. The quantitative estimate of drug-likeness (QED) is 0.0873. The highest BCUT2D eigenvalue weighted by Crippen LogP contribution is 2.23. The van der Waals surface area contributed by atoms with E-state index in [1.54, 1.807) is 0 Å². The van der Waals surface area contributed by atoms with Crippen LogP contribution in [0.2, 0.25) is 0 Å². The van der Waals surface area contributed by atoms with Gasteiger partial charge in [0.25, 0.3) is 0 Å². The van der Waals surface area contributed by atoms with Crippen LogP contribution in [0.1, 0.15) is 96.8 Å². The highest BCUT2D eigenvalue weighted by atomic mass is 16.5. The first-order chi connectivity index (χ1) is 18.5. The molecule has 0 bridgehead atoms. The largest absolute Gasteiger partial charge is 0.494 e. The highest BCUT2D eigenvalue weighted by Gasteiger charge is 2.05. The molecule has 5 nitrogen and oxygen atoms in total. The highest BCUT2D eigenvalue weighted by molar-refractivity contribution is 5.44. The van der Waals surface area contributed by atoms with Gasteiger partial charge in [-0.3, -0.25) is 0 Å². The predicted octanol–water partition coefficient (Wildman–Crippen LogP) is 10.0. The zero-order chi connectivity index (χ0) is 27.3. The Kier molecular flexibility index (Phi) is 16.4. The van der Waals surface area contributed by atoms with Crippen LogP contribution in [0.4, 0.5) is 11.4 Å². The summed E-state index contributed by atoms with van der Waals surface area (Å²) in [5.41, 5.74) is 1.64. The fourth-order valence-electron chi connectivity index (χ4n) is 4.34. The number of ether oxygens (including phenoxy) is 2. The number of hydrogen-bond donors (Lipinski definition) is 0. The predicted molar refractivity (Wildman–Crippen MR) is 161 cm³/mol. The van der Waals surface area contributed by atoms with Gasteiger partial charge in [0.05, 0.1) is 52.3 Å². The topological polar surface area (TPSA) is 43.2 Å². The minimum Gasteiger partial charge on any atom is -0.494 e. The van der Waals surface area contributed by atoms with Crippen molar-refractivity contribution in [1.29, 1.82) is 0 Å². The van der Waals surface area contributed by atoms with Crippen molar-refractivity contribution >= 4 is 11.4 Å². The molecule has 38 heavy (non-hydrogen) atoms. The van der Waals surface area contributed by atoms with Crippen LogP contribution in [0, 0.1) is 0 Å². The monoisotopic (exact) mass is 524 g/mol. The van der Waals surface area contributed by atoms with Gasteiger partial charge in [-0.2, -0.15) is 10.2 Å². The maximum Gasteiger partial charge on any atom is 0.119 e. The van der Waals surface area contributed by atoms with E-state index in [-0.39, 0.29) is 0 Å². The van der Waals surface area contributed by atoms with Gasteiger partial charge >= 0.3 is 0 Å². The summed E-state index contributed by atoms with van der Waals surface area (Å²) >= 11 is 0. The molecule has 2 rings (SSSR count). The van der Waals surface area contributed by atoms with E-state index in [4.69, 9.17) is 9.47 Å². The molecule has 0 radical (unpaired) electrons. The Morgan fingerprint density at radius 3 is 1.26 bits per heavy atom. The number of unbranched alkanes of at least 4 members (excludes halogenated alkanes) is 12. The second-order valence-corrected chi connectivity index (χ2v) is 11.5. The Morgan fingerprint density at radius 1 is 0.500 bits per heavy atom. The van der Waals surface area contributed by atoms with E-state index in [0.29, 0.717) is 0 Å². The minimum absolute atomic E-state index is 0.775. The second-order valence-electron chi connectivity index (χ2n) is 11.5. The zero-order valence-electron chi connectivity index (χ0n) is 24.8. The van der Waals surface area contributed by atoms with E-state index in [9.17, 15) is 0 Å². The molecular weight excluding hydrogens is 470 g/mol. The fraction of sp³-hybridized carbons (Fsp3) is 0.636. The SMILES string of the molecule is CCCCCCCCOc1ccc(N=Nc2ccc(OCCCCCCCCCC[N+](C)(C)C)cc2)cc1. The molecule has 0 fully saturated rings.